The molecule has 0 aliphatic carbocycles. The van der Waals surface area contributed by atoms with E-state index in [9.17, 15) is 14.4 Å². The fraction of sp³-hybridized carbons (Fsp3) is 0.150. The number of nitrogens with zero attached hydrogens (tertiary/aromatic N) is 2. The molecular formula is C20H18ClN3O4. The summed E-state index contributed by atoms with van der Waals surface area (Å²) in [7, 11) is 2.95. The Bertz CT molecular complexity index is 1140. The average molecular weight is 400 g/mol. The Morgan fingerprint density at radius 2 is 1.75 bits per heavy atom. The zero-order valence-corrected chi connectivity index (χ0v) is 16.1. The van der Waals surface area contributed by atoms with E-state index in [1.54, 1.807) is 43.4 Å². The number of hydrogen-bond acceptors (Lipinski definition) is 4. The highest BCUT2D eigenvalue weighted by molar-refractivity contribution is 6.31. The van der Waals surface area contributed by atoms with Crippen LogP contribution in [0.1, 0.15) is 16.1 Å². The van der Waals surface area contributed by atoms with Crippen molar-refractivity contribution >= 4 is 23.2 Å². The molecule has 0 bridgehead atoms. The minimum atomic E-state index is -0.454. The van der Waals surface area contributed by atoms with Gasteiger partial charge in [0, 0.05) is 30.9 Å². The number of ether oxygens (including phenoxy) is 1. The van der Waals surface area contributed by atoms with Crippen molar-refractivity contribution < 1.29 is 9.53 Å². The number of para-hydroxylation sites is 1. The molecule has 1 amide bonds. The van der Waals surface area contributed by atoms with Crippen LogP contribution in [0.4, 0.5) is 5.69 Å². The van der Waals surface area contributed by atoms with E-state index in [-0.39, 0.29) is 23.8 Å². The van der Waals surface area contributed by atoms with Crippen LogP contribution >= 0.6 is 11.6 Å². The summed E-state index contributed by atoms with van der Waals surface area (Å²) in [5, 5.41) is 3.16. The number of nitrogens with one attached hydrogen (secondary N) is 1. The summed E-state index contributed by atoms with van der Waals surface area (Å²) in [5.74, 6) is -0.104. The number of benzene rings is 2. The Morgan fingerprint density at radius 1 is 1.04 bits per heavy atom. The second-order valence-electron chi connectivity index (χ2n) is 6.12. The van der Waals surface area contributed by atoms with E-state index in [2.05, 4.69) is 5.32 Å². The van der Waals surface area contributed by atoms with Gasteiger partial charge < -0.3 is 10.1 Å². The number of carbonyl (C=O) groups excluding carboxylic acids is 1. The van der Waals surface area contributed by atoms with Crippen molar-refractivity contribution in [3.05, 3.63) is 91.7 Å². The van der Waals surface area contributed by atoms with Gasteiger partial charge in [-0.15, -0.1) is 0 Å². The molecule has 0 spiro atoms. The smallest absolute Gasteiger partial charge is 0.330 e. The minimum Gasteiger partial charge on any atom is -0.487 e. The molecule has 2 aromatic carbocycles. The van der Waals surface area contributed by atoms with Crippen molar-refractivity contribution in [2.24, 2.45) is 14.1 Å². The number of amides is 1. The molecule has 7 nitrogen and oxygen atoms in total. The van der Waals surface area contributed by atoms with Gasteiger partial charge in [-0.2, -0.15) is 0 Å². The first kappa shape index (κ1) is 19.4. The molecule has 0 aliphatic heterocycles. The largest absolute Gasteiger partial charge is 0.487 e. The van der Waals surface area contributed by atoms with Gasteiger partial charge in [-0.3, -0.25) is 18.7 Å². The highest BCUT2D eigenvalue weighted by Gasteiger charge is 2.15. The molecule has 0 aliphatic rings. The highest BCUT2D eigenvalue weighted by Crippen LogP contribution is 2.25. The average Bonchev–Trinajstić information content (AvgIpc) is 2.69. The topological polar surface area (TPSA) is 82.3 Å². The fourth-order valence-electron chi connectivity index (χ4n) is 2.59. The number of aromatic nitrogens is 2. The zero-order chi connectivity index (χ0) is 20.3. The second kappa shape index (κ2) is 8.14. The molecule has 0 atom stereocenters. The summed E-state index contributed by atoms with van der Waals surface area (Å²) < 4.78 is 8.07. The molecule has 144 valence electrons. The molecule has 1 N–H and O–H groups in total. The van der Waals surface area contributed by atoms with Gasteiger partial charge in [0.2, 0.25) is 0 Å². The molecule has 28 heavy (non-hydrogen) atoms. The second-order valence-corrected chi connectivity index (χ2v) is 6.56. The van der Waals surface area contributed by atoms with Crippen LogP contribution in [0.3, 0.4) is 0 Å². The number of halogens is 1. The Hall–Kier alpha value is -3.32. The first-order chi connectivity index (χ1) is 13.4. The van der Waals surface area contributed by atoms with Gasteiger partial charge in [0.25, 0.3) is 11.5 Å². The highest BCUT2D eigenvalue weighted by atomic mass is 35.5. The molecule has 3 aromatic rings. The molecule has 3 rings (SSSR count). The van der Waals surface area contributed by atoms with Gasteiger partial charge in [-0.05, 0) is 30.3 Å². The lowest BCUT2D eigenvalue weighted by Crippen LogP contribution is -2.38. The molecule has 1 heterocycles. The van der Waals surface area contributed by atoms with Gasteiger partial charge in [0.15, 0.2) is 0 Å². The fourth-order valence-corrected chi connectivity index (χ4v) is 2.77. The predicted octanol–water partition coefficient (Wildman–Crippen LogP) is 2.57. The van der Waals surface area contributed by atoms with Crippen molar-refractivity contribution in [2.45, 2.75) is 6.61 Å². The van der Waals surface area contributed by atoms with Crippen LogP contribution in [-0.2, 0) is 20.7 Å². The van der Waals surface area contributed by atoms with Crippen LogP contribution in [0.5, 0.6) is 5.75 Å². The van der Waals surface area contributed by atoms with Gasteiger partial charge in [-0.1, -0.05) is 29.8 Å². The molecule has 0 saturated heterocycles. The minimum absolute atomic E-state index is 0.0604. The molecule has 0 radical (unpaired) electrons. The van der Waals surface area contributed by atoms with Crippen LogP contribution in [-0.4, -0.2) is 15.0 Å². The van der Waals surface area contributed by atoms with E-state index >= 15 is 0 Å². The molecule has 1 aromatic heterocycles. The lowest BCUT2D eigenvalue weighted by atomic mass is 10.1. The van der Waals surface area contributed by atoms with Gasteiger partial charge in [0.1, 0.15) is 12.4 Å². The van der Waals surface area contributed by atoms with Crippen LogP contribution in [0.15, 0.2) is 64.2 Å². The van der Waals surface area contributed by atoms with Crippen molar-refractivity contribution in [1.82, 2.24) is 9.13 Å². The Balaban J connectivity index is 1.86. The maximum absolute atomic E-state index is 12.7. The summed E-state index contributed by atoms with van der Waals surface area (Å²) in [6.45, 7) is -0.0604. The SMILES string of the molecule is Cn1c(COc2ccc(Cl)cc2C(=O)Nc2ccccc2)cc(=O)n(C)c1=O. The zero-order valence-electron chi connectivity index (χ0n) is 15.3. The normalized spacial score (nSPS) is 10.5. The molecule has 0 unspecified atom stereocenters. The summed E-state index contributed by atoms with van der Waals surface area (Å²) >= 11 is 6.04. The quantitative estimate of drug-likeness (QED) is 0.714. The van der Waals surface area contributed by atoms with Gasteiger partial charge in [-0.25, -0.2) is 4.79 Å². The monoisotopic (exact) mass is 399 g/mol. The maximum atomic E-state index is 12.7. The van der Waals surface area contributed by atoms with E-state index in [0.717, 1.165) is 4.57 Å². The van der Waals surface area contributed by atoms with Crippen molar-refractivity contribution in [3.63, 3.8) is 0 Å². The third kappa shape index (κ3) is 4.15. The summed E-state index contributed by atoms with van der Waals surface area (Å²) in [5.41, 5.74) is 0.374. The van der Waals surface area contributed by atoms with E-state index in [1.165, 1.54) is 23.7 Å². The first-order valence-electron chi connectivity index (χ1n) is 8.41. The number of carbonyl (C=O) groups is 1. The predicted molar refractivity (Wildman–Crippen MR) is 107 cm³/mol. The lowest BCUT2D eigenvalue weighted by molar-refractivity contribution is 0.102. The Kier molecular flexibility index (Phi) is 5.65. The van der Waals surface area contributed by atoms with E-state index in [1.807, 2.05) is 6.07 Å². The van der Waals surface area contributed by atoms with Crippen LogP contribution in [0, 0.1) is 0 Å². The van der Waals surface area contributed by atoms with E-state index in [0.29, 0.717) is 16.4 Å². The number of anilines is 1. The summed E-state index contributed by atoms with van der Waals surface area (Å²) in [6, 6.07) is 15.0. The lowest BCUT2D eigenvalue weighted by Gasteiger charge is -2.14. The number of rotatable bonds is 5. The van der Waals surface area contributed by atoms with E-state index in [4.69, 9.17) is 16.3 Å². The first-order valence-corrected chi connectivity index (χ1v) is 8.79. The third-order valence-electron chi connectivity index (χ3n) is 4.22. The van der Waals surface area contributed by atoms with Crippen molar-refractivity contribution in [3.8, 4) is 5.75 Å². The molecule has 8 heteroatoms. The van der Waals surface area contributed by atoms with Crippen molar-refractivity contribution in [2.75, 3.05) is 5.32 Å². The summed E-state index contributed by atoms with van der Waals surface area (Å²) in [4.78, 5) is 36.6. The standard InChI is InChI=1S/C20H18ClN3O4/c1-23-15(11-18(25)24(2)20(23)27)12-28-17-9-8-13(21)10-16(17)19(26)22-14-6-4-3-5-7-14/h3-11H,12H2,1-2H3,(H,22,26). The van der Waals surface area contributed by atoms with Gasteiger partial charge in [0.05, 0.1) is 11.3 Å². The molecule has 0 fully saturated rings. The van der Waals surface area contributed by atoms with Crippen LogP contribution in [0.25, 0.3) is 0 Å². The Labute approximate surface area is 165 Å². The molecule has 0 saturated carbocycles. The maximum Gasteiger partial charge on any atom is 0.330 e. The Morgan fingerprint density at radius 3 is 2.46 bits per heavy atom. The van der Waals surface area contributed by atoms with E-state index < -0.39 is 11.2 Å². The van der Waals surface area contributed by atoms with Crippen LogP contribution in [0.2, 0.25) is 5.02 Å². The summed E-state index contributed by atoms with van der Waals surface area (Å²) in [6.07, 6.45) is 0. The molecular weight excluding hydrogens is 382 g/mol. The van der Waals surface area contributed by atoms with Crippen LogP contribution < -0.4 is 21.3 Å². The third-order valence-corrected chi connectivity index (χ3v) is 4.45. The number of hydrogen-bond donors (Lipinski definition) is 1. The van der Waals surface area contributed by atoms with Crippen molar-refractivity contribution in [1.29, 1.82) is 0 Å². The van der Waals surface area contributed by atoms with Gasteiger partial charge >= 0.3 is 5.69 Å².